The Morgan fingerprint density at radius 3 is 2.62 bits per heavy atom. The van der Waals surface area contributed by atoms with Gasteiger partial charge in [0.05, 0.1) is 17.7 Å². The topological polar surface area (TPSA) is 46.6 Å². The molecule has 0 N–H and O–H groups in total. The quantitative estimate of drug-likeness (QED) is 0.731. The molecule has 1 aliphatic heterocycles. The molecule has 2 aromatic carbocycles. The van der Waals surface area contributed by atoms with Crippen LogP contribution in [0.25, 0.3) is 6.08 Å². The predicted molar refractivity (Wildman–Crippen MR) is 97.6 cm³/mol. The molecule has 1 fully saturated rings. The first-order valence-corrected chi connectivity index (χ1v) is 8.37. The molecule has 0 atom stereocenters. The van der Waals surface area contributed by atoms with E-state index in [1.807, 2.05) is 25.1 Å². The number of imide groups is 1. The van der Waals surface area contributed by atoms with Crippen LogP contribution in [0.15, 0.2) is 47.4 Å². The fourth-order valence-corrected chi connectivity index (χ4v) is 3.40. The largest absolute Gasteiger partial charge is 0.497 e. The summed E-state index contributed by atoms with van der Waals surface area (Å²) in [5, 5.41) is 0.140. The normalized spacial score (nSPS) is 16.1. The van der Waals surface area contributed by atoms with Crippen LogP contribution in [-0.4, -0.2) is 18.3 Å². The molecule has 0 aromatic heterocycles. The van der Waals surface area contributed by atoms with Gasteiger partial charge in [0.2, 0.25) is 0 Å². The van der Waals surface area contributed by atoms with Gasteiger partial charge in [0.15, 0.2) is 0 Å². The van der Waals surface area contributed by atoms with E-state index in [4.69, 9.17) is 16.3 Å². The maximum absolute atomic E-state index is 12.6. The summed E-state index contributed by atoms with van der Waals surface area (Å²) in [6, 6.07) is 12.2. The van der Waals surface area contributed by atoms with Crippen LogP contribution in [0.1, 0.15) is 11.1 Å². The SMILES string of the molecule is COc1ccc(/C=C2/SC(=O)N(c3cccc(Cl)c3)C2=O)c(C)c1. The van der Waals surface area contributed by atoms with Crippen LogP contribution in [0, 0.1) is 6.92 Å². The Balaban J connectivity index is 1.94. The van der Waals surface area contributed by atoms with Gasteiger partial charge in [0, 0.05) is 5.02 Å². The summed E-state index contributed by atoms with van der Waals surface area (Å²) < 4.78 is 5.18. The zero-order valence-electron chi connectivity index (χ0n) is 13.1. The highest BCUT2D eigenvalue weighted by atomic mass is 35.5. The number of rotatable bonds is 3. The molecular formula is C18H14ClNO3S. The number of hydrogen-bond donors (Lipinski definition) is 0. The lowest BCUT2D eigenvalue weighted by Crippen LogP contribution is -2.27. The summed E-state index contributed by atoms with van der Waals surface area (Å²) in [5.41, 5.74) is 2.30. The van der Waals surface area contributed by atoms with Crippen LogP contribution in [0.5, 0.6) is 5.75 Å². The summed E-state index contributed by atoms with van der Waals surface area (Å²) in [6.07, 6.45) is 1.73. The molecule has 0 saturated carbocycles. The first-order chi connectivity index (χ1) is 11.5. The monoisotopic (exact) mass is 359 g/mol. The summed E-state index contributed by atoms with van der Waals surface area (Å²) in [5.74, 6) is 0.402. The minimum absolute atomic E-state index is 0.334. The van der Waals surface area contributed by atoms with Crippen LogP contribution < -0.4 is 9.64 Å². The number of methoxy groups -OCH3 is 1. The Labute approximate surface area is 149 Å². The minimum atomic E-state index is -0.345. The van der Waals surface area contributed by atoms with Crippen molar-refractivity contribution in [1.82, 2.24) is 0 Å². The summed E-state index contributed by atoms with van der Waals surface area (Å²) >= 11 is 6.87. The number of thioether (sulfide) groups is 1. The van der Waals surface area contributed by atoms with Gasteiger partial charge in [-0.15, -0.1) is 0 Å². The molecule has 0 radical (unpaired) electrons. The first kappa shape index (κ1) is 16.6. The Kier molecular flexibility index (Phi) is 4.64. The van der Waals surface area contributed by atoms with Gasteiger partial charge in [0.25, 0.3) is 11.1 Å². The molecule has 1 heterocycles. The third-order valence-corrected chi connectivity index (χ3v) is 4.73. The van der Waals surface area contributed by atoms with E-state index in [0.29, 0.717) is 15.6 Å². The molecule has 1 saturated heterocycles. The van der Waals surface area contributed by atoms with E-state index in [9.17, 15) is 9.59 Å². The molecule has 2 aromatic rings. The Morgan fingerprint density at radius 2 is 1.96 bits per heavy atom. The van der Waals surface area contributed by atoms with Crippen LogP contribution >= 0.6 is 23.4 Å². The Bertz CT molecular complexity index is 863. The number of nitrogens with zero attached hydrogens (tertiary/aromatic N) is 1. The van der Waals surface area contributed by atoms with Gasteiger partial charge in [-0.25, -0.2) is 4.90 Å². The van der Waals surface area contributed by atoms with Crippen molar-refractivity contribution >= 4 is 46.3 Å². The standard InChI is InChI=1S/C18H14ClNO3S/c1-11-8-15(23-2)7-6-12(11)9-16-17(21)20(18(22)24-16)14-5-3-4-13(19)10-14/h3-10H,1-2H3/b16-9+. The number of aryl methyl sites for hydroxylation is 1. The van der Waals surface area contributed by atoms with E-state index < -0.39 is 0 Å². The molecule has 0 spiro atoms. The molecular weight excluding hydrogens is 346 g/mol. The number of halogens is 1. The summed E-state index contributed by atoms with van der Waals surface area (Å²) in [4.78, 5) is 26.4. The highest BCUT2D eigenvalue weighted by molar-refractivity contribution is 8.19. The van der Waals surface area contributed by atoms with Crippen molar-refractivity contribution in [3.63, 3.8) is 0 Å². The second kappa shape index (κ2) is 6.71. The zero-order chi connectivity index (χ0) is 17.3. The van der Waals surface area contributed by atoms with Gasteiger partial charge in [-0.1, -0.05) is 23.7 Å². The zero-order valence-corrected chi connectivity index (χ0v) is 14.6. The number of carbonyl (C=O) groups is 2. The molecule has 0 bridgehead atoms. The highest BCUT2D eigenvalue weighted by Gasteiger charge is 2.36. The van der Waals surface area contributed by atoms with Crippen molar-refractivity contribution in [1.29, 1.82) is 0 Å². The molecule has 0 aliphatic carbocycles. The number of amides is 2. The molecule has 24 heavy (non-hydrogen) atoms. The third-order valence-electron chi connectivity index (χ3n) is 3.62. The number of benzene rings is 2. The number of carbonyl (C=O) groups excluding carboxylic acids is 2. The van der Waals surface area contributed by atoms with Crippen LogP contribution in [0.2, 0.25) is 5.02 Å². The molecule has 122 valence electrons. The lowest BCUT2D eigenvalue weighted by atomic mass is 10.1. The van der Waals surface area contributed by atoms with Gasteiger partial charge >= 0.3 is 0 Å². The van der Waals surface area contributed by atoms with E-state index in [-0.39, 0.29) is 11.1 Å². The molecule has 4 nitrogen and oxygen atoms in total. The van der Waals surface area contributed by atoms with E-state index in [1.54, 1.807) is 37.5 Å². The van der Waals surface area contributed by atoms with E-state index in [0.717, 1.165) is 33.5 Å². The van der Waals surface area contributed by atoms with Gasteiger partial charge < -0.3 is 4.74 Å². The molecule has 6 heteroatoms. The maximum atomic E-state index is 12.6. The third kappa shape index (κ3) is 3.18. The van der Waals surface area contributed by atoms with Crippen molar-refractivity contribution in [3.05, 3.63) is 63.5 Å². The van der Waals surface area contributed by atoms with Crippen LogP contribution in [0.3, 0.4) is 0 Å². The van der Waals surface area contributed by atoms with Crippen LogP contribution in [0.4, 0.5) is 10.5 Å². The fraction of sp³-hybridized carbons (Fsp3) is 0.111. The lowest BCUT2D eigenvalue weighted by Gasteiger charge is -2.12. The Hall–Kier alpha value is -2.24. The number of hydrogen-bond acceptors (Lipinski definition) is 4. The van der Waals surface area contributed by atoms with E-state index >= 15 is 0 Å². The first-order valence-electron chi connectivity index (χ1n) is 7.18. The smallest absolute Gasteiger partial charge is 0.298 e. The van der Waals surface area contributed by atoms with E-state index in [2.05, 4.69) is 0 Å². The van der Waals surface area contributed by atoms with Crippen molar-refractivity contribution < 1.29 is 14.3 Å². The maximum Gasteiger partial charge on any atom is 0.298 e. The van der Waals surface area contributed by atoms with Gasteiger partial charge in [-0.3, -0.25) is 9.59 Å². The average Bonchev–Trinajstić information content (AvgIpc) is 2.83. The minimum Gasteiger partial charge on any atom is -0.497 e. The number of anilines is 1. The second-order valence-electron chi connectivity index (χ2n) is 5.22. The fourth-order valence-electron chi connectivity index (χ4n) is 2.38. The molecule has 3 rings (SSSR count). The van der Waals surface area contributed by atoms with Gasteiger partial charge in [0.1, 0.15) is 5.75 Å². The summed E-state index contributed by atoms with van der Waals surface area (Å²) in [7, 11) is 1.60. The van der Waals surface area contributed by atoms with Crippen molar-refractivity contribution in [3.8, 4) is 5.75 Å². The molecule has 1 aliphatic rings. The highest BCUT2D eigenvalue weighted by Crippen LogP contribution is 2.36. The van der Waals surface area contributed by atoms with E-state index in [1.165, 1.54) is 0 Å². The second-order valence-corrected chi connectivity index (χ2v) is 6.65. The molecule has 2 amide bonds. The lowest BCUT2D eigenvalue weighted by molar-refractivity contribution is -0.113. The van der Waals surface area contributed by atoms with Crippen LogP contribution in [-0.2, 0) is 4.79 Å². The van der Waals surface area contributed by atoms with Gasteiger partial charge in [-0.05, 0) is 66.2 Å². The molecule has 0 unspecified atom stereocenters. The van der Waals surface area contributed by atoms with Crippen molar-refractivity contribution in [2.45, 2.75) is 6.92 Å². The Morgan fingerprint density at radius 1 is 1.17 bits per heavy atom. The van der Waals surface area contributed by atoms with Crippen molar-refractivity contribution in [2.75, 3.05) is 12.0 Å². The average molecular weight is 360 g/mol. The predicted octanol–water partition coefficient (Wildman–Crippen LogP) is 4.90. The van der Waals surface area contributed by atoms with Gasteiger partial charge in [-0.2, -0.15) is 0 Å². The number of ether oxygens (including phenoxy) is 1. The van der Waals surface area contributed by atoms with Crippen molar-refractivity contribution in [2.24, 2.45) is 0 Å². The summed E-state index contributed by atoms with van der Waals surface area (Å²) in [6.45, 7) is 1.93.